The molecule has 8 heterocycles. The third-order valence-corrected chi connectivity index (χ3v) is 29.7. The summed E-state index contributed by atoms with van der Waals surface area (Å²) in [5, 5.41) is 0. The van der Waals surface area contributed by atoms with E-state index >= 15 is 0 Å². The van der Waals surface area contributed by atoms with E-state index in [4.69, 9.17) is 4.11 Å². The number of nitrogens with zero attached hydrogens (tertiary/aromatic N) is 8. The minimum absolute atomic E-state index is 0.210. The molecule has 0 amide bonds. The Morgan fingerprint density at radius 3 is 0.836 bits per heavy atom. The number of hydrogen-bond acceptors (Lipinski definition) is 0. The molecule has 0 bridgehead atoms. The van der Waals surface area contributed by atoms with E-state index in [9.17, 15) is 52.7 Å². The van der Waals surface area contributed by atoms with Crippen LogP contribution in [-0.2, 0) is 71.5 Å². The van der Waals surface area contributed by atoms with E-state index < -0.39 is 101 Å². The molecule has 20 heteroatoms. The minimum Gasteiger partial charge on any atom is -0.171 e. The van der Waals surface area contributed by atoms with Crippen molar-refractivity contribution in [3.8, 4) is 78.9 Å². The molecule has 128 heavy (non-hydrogen) atoms. The smallest absolute Gasteiger partial charge is 0.171 e. The van der Waals surface area contributed by atoms with Gasteiger partial charge >= 0.3 is 24.7 Å². The van der Waals surface area contributed by atoms with Crippen molar-refractivity contribution in [3.05, 3.63) is 307 Å². The second-order valence-electron chi connectivity index (χ2n) is 39.6. The van der Waals surface area contributed by atoms with Gasteiger partial charge in [0.2, 0.25) is 22.8 Å². The number of fused-ring (bicyclic) bond motifs is 12. The number of halogens is 12. The average Bonchev–Trinajstić information content (AvgIpc) is 1.73. The van der Waals surface area contributed by atoms with E-state index in [0.717, 1.165) is 140 Å². The first-order valence-corrected chi connectivity index (χ1v) is 43.6. The van der Waals surface area contributed by atoms with Crippen LogP contribution in [0, 0.1) is 69.2 Å². The highest BCUT2D eigenvalue weighted by molar-refractivity contribution is 5.84. The predicted octanol–water partition coefficient (Wildman–Crippen LogP) is 26.6. The number of benzene rings is 9. The zero-order valence-electron chi connectivity index (χ0n) is 81.1. The number of para-hydroxylation sites is 4. The largest absolute Gasteiger partial charge is 0.390 e. The number of aryl methyl sites for hydroxylation is 10. The second-order valence-corrected chi connectivity index (χ2v) is 39.6. The molecule has 9 aromatic carbocycles. The lowest BCUT2D eigenvalue weighted by atomic mass is 9.56. The Morgan fingerprint density at radius 2 is 0.531 bits per heavy atom. The number of aromatic nitrogens is 8. The fourth-order valence-corrected chi connectivity index (χ4v) is 21.9. The van der Waals surface area contributed by atoms with Crippen LogP contribution in [0.25, 0.3) is 78.9 Å². The van der Waals surface area contributed by atoms with Crippen LogP contribution >= 0.6 is 0 Å². The van der Waals surface area contributed by atoms with Crippen molar-refractivity contribution in [3.63, 3.8) is 0 Å². The van der Waals surface area contributed by atoms with Crippen LogP contribution in [0.1, 0.15) is 214 Å². The molecule has 0 N–H and O–H groups in total. The molecule has 13 aromatic rings. The summed E-state index contributed by atoms with van der Waals surface area (Å²) in [6.45, 7) is 38.3. The summed E-state index contributed by atoms with van der Waals surface area (Å²) >= 11 is 0. The lowest BCUT2D eigenvalue weighted by molar-refractivity contribution is -0.735. The van der Waals surface area contributed by atoms with Crippen molar-refractivity contribution < 1.29 is 75.5 Å². The van der Waals surface area contributed by atoms with Crippen LogP contribution in [0.2, 0.25) is 0 Å². The molecule has 0 saturated carbocycles. The normalized spacial score (nSPS) is 20.0. The number of hydrogen-bond donors (Lipinski definition) is 0. The molecule has 4 unspecified atom stereocenters. The quantitative estimate of drug-likeness (QED) is 0.102. The van der Waals surface area contributed by atoms with E-state index in [1.54, 1.807) is 45.9 Å². The lowest BCUT2D eigenvalue weighted by Crippen LogP contribution is -2.54. The Bertz CT molecular complexity index is 6600. The minimum atomic E-state index is -4.36. The van der Waals surface area contributed by atoms with Crippen molar-refractivity contribution in [1.82, 2.24) is 18.7 Å². The fraction of sp³-hybridized carbons (Fsp3) is 0.389. The first-order valence-electron chi connectivity index (χ1n) is 45.1. The summed E-state index contributed by atoms with van der Waals surface area (Å²) in [6, 6.07) is 66.9. The van der Waals surface area contributed by atoms with Crippen molar-refractivity contribution in [2.24, 2.45) is 28.2 Å². The monoisotopic (exact) mass is 1760 g/mol. The summed E-state index contributed by atoms with van der Waals surface area (Å²) in [5.74, 6) is 0. The van der Waals surface area contributed by atoms with Gasteiger partial charge in [-0.05, 0) is 168 Å². The predicted molar refractivity (Wildman–Crippen MR) is 487 cm³/mol. The Morgan fingerprint density at radius 1 is 0.273 bits per heavy atom. The van der Waals surface area contributed by atoms with Crippen molar-refractivity contribution in [2.75, 3.05) is 0 Å². The highest BCUT2D eigenvalue weighted by Gasteiger charge is 2.63. The fourth-order valence-electron chi connectivity index (χ4n) is 21.9. The van der Waals surface area contributed by atoms with E-state index in [-0.39, 0.29) is 5.56 Å². The van der Waals surface area contributed by atoms with Gasteiger partial charge in [0.15, 0.2) is 28.2 Å². The van der Waals surface area contributed by atoms with E-state index in [1.807, 2.05) is 312 Å². The molecule has 4 aliphatic rings. The maximum absolute atomic E-state index is 14.4. The molecule has 4 aromatic heterocycles. The first-order chi connectivity index (χ1) is 60.5. The lowest BCUT2D eigenvalue weighted by Gasteiger charge is -2.48. The van der Waals surface area contributed by atoms with E-state index in [2.05, 4.69) is 59.6 Å². The maximum atomic E-state index is 14.4. The van der Waals surface area contributed by atoms with Crippen LogP contribution in [0.15, 0.2) is 206 Å². The van der Waals surface area contributed by atoms with Gasteiger partial charge in [0, 0.05) is 87.9 Å². The summed E-state index contributed by atoms with van der Waals surface area (Å²) in [7, 11) is 7.66. The highest BCUT2D eigenvalue weighted by Crippen LogP contribution is 2.62. The highest BCUT2D eigenvalue weighted by atomic mass is 19.4. The van der Waals surface area contributed by atoms with Gasteiger partial charge < -0.3 is 0 Å². The molecule has 4 aliphatic heterocycles. The van der Waals surface area contributed by atoms with Crippen LogP contribution in [0.4, 0.5) is 52.7 Å². The second kappa shape index (κ2) is 32.0. The van der Waals surface area contributed by atoms with Gasteiger partial charge in [0.05, 0.1) is 48.3 Å². The SMILES string of the molecule is Cc1cc(C)cc(-c2c(-c3ccccc3)c3n([n+]2C)-c2c(C)cccc2C(C)(C)C3(C)CC(F)(F)F)c1.Cc1cc(C)cc(-c2cc3n([n+]2C)-c2c(C)cccc2C(C)(C)C3(C)CC(F)(F)F)c1.Cc1cccc2c1-n1c(cc(-c3ccccc3)[n+]1C)C(C)(CC(F)(F)F)C2(C)C.[2H]C([2H])([2H])c1cc(C)cc(-c2cc3n([n+]2C)-c2c(C)cccc2C(C)(C)C3(C)CC(F)(F)F)c1. The van der Waals surface area contributed by atoms with E-state index in [1.165, 1.54) is 0 Å². The molecule has 0 radical (unpaired) electrons. The molecule has 0 aliphatic carbocycles. The summed E-state index contributed by atoms with van der Waals surface area (Å²) < 4.78 is 208. The van der Waals surface area contributed by atoms with Crippen molar-refractivity contribution >= 4 is 0 Å². The average molecular weight is 1760 g/mol. The van der Waals surface area contributed by atoms with Gasteiger partial charge in [-0.15, -0.1) is 37.5 Å². The summed E-state index contributed by atoms with van der Waals surface area (Å²) in [4.78, 5) is 0. The number of alkyl halides is 12. The van der Waals surface area contributed by atoms with Gasteiger partial charge in [-0.2, -0.15) is 52.7 Å². The van der Waals surface area contributed by atoms with Crippen LogP contribution in [0.5, 0.6) is 0 Å². The standard InChI is InChI=1S/C32H34F3N2.2C26H30F3N2.C24H26F3N2/c1-20-16-21(2)18-24(17-20)28-26(23-13-9-8-10-14-23)29-31(6,19-32(33,34)35)30(4,5)25-15-11-12-22(3)27(25)37(29)36(28)7;2*1-16-11-17(2)13-19(12-16)21-14-22-25(6,15-26(27,28)29)24(4,5)20-10-8-9-18(3)23(20)31(22)30(21)7;1-16-10-9-13-18-21(16)29-20(23(4,22(18,2)3)15-24(25,26)27)14-19(28(29)5)17-11-7-6-8-12-17/h8-18H,19H2,1-7H3;2*8-14H,15H2,1-7H3;6-14H,15H2,1-5H3/q4*+1/i;1D3;;. The zero-order chi connectivity index (χ0) is 96.5. The van der Waals surface area contributed by atoms with Gasteiger partial charge in [-0.25, -0.2) is 0 Å². The third-order valence-electron chi connectivity index (χ3n) is 29.7. The molecule has 8 nitrogen and oxygen atoms in total. The van der Waals surface area contributed by atoms with Crippen molar-refractivity contribution in [2.45, 2.75) is 246 Å². The molecular formula is C108H120F12N8+4. The van der Waals surface area contributed by atoms with E-state index in [0.29, 0.717) is 34.0 Å². The van der Waals surface area contributed by atoms with Gasteiger partial charge in [-0.1, -0.05) is 256 Å². The molecule has 0 fully saturated rings. The summed E-state index contributed by atoms with van der Waals surface area (Å²) in [6.07, 6.45) is -20.9. The van der Waals surface area contributed by atoms with Gasteiger partial charge in [-0.3, -0.25) is 0 Å². The first kappa shape index (κ1) is 89.0. The van der Waals surface area contributed by atoms with Crippen LogP contribution in [0.3, 0.4) is 0 Å². The molecule has 4 atom stereocenters. The Kier molecular flexibility index (Phi) is 22.2. The Balaban J connectivity index is 0.000000141. The molecule has 0 saturated heterocycles. The third kappa shape index (κ3) is 15.6. The van der Waals surface area contributed by atoms with Gasteiger partial charge in [0.25, 0.3) is 0 Å². The van der Waals surface area contributed by atoms with Crippen LogP contribution < -0.4 is 18.7 Å². The Hall–Kier alpha value is -11.0. The maximum Gasteiger partial charge on any atom is 0.390 e. The van der Waals surface area contributed by atoms with Crippen LogP contribution in [-0.4, -0.2) is 43.4 Å². The Labute approximate surface area is 750 Å². The molecule has 672 valence electrons. The topological polar surface area (TPSA) is 35.2 Å². The van der Waals surface area contributed by atoms with Crippen molar-refractivity contribution in [1.29, 1.82) is 0 Å². The number of rotatable bonds is 9. The molecular weight excluding hydrogens is 1640 g/mol. The summed E-state index contributed by atoms with van der Waals surface area (Å²) in [5.41, 5.74) is 20.9. The van der Waals surface area contributed by atoms with Gasteiger partial charge in [0.1, 0.15) is 28.4 Å². The molecule has 17 rings (SSSR count). The molecule has 0 spiro atoms. The zero-order valence-corrected chi connectivity index (χ0v) is 78.1.